The SMILES string of the molecule is CCCc1ccc(-c2cc(F)c(-c3ccc4c(F)c(OCC(F)(F)F)ccc4c3)c(F)c2)c(F)c1. The summed E-state index contributed by atoms with van der Waals surface area (Å²) in [7, 11) is 0. The van der Waals surface area contributed by atoms with Crippen molar-refractivity contribution in [3.05, 3.63) is 89.5 Å². The van der Waals surface area contributed by atoms with E-state index in [2.05, 4.69) is 4.74 Å². The Balaban J connectivity index is 1.69. The van der Waals surface area contributed by atoms with E-state index in [-0.39, 0.29) is 27.5 Å². The van der Waals surface area contributed by atoms with E-state index in [4.69, 9.17) is 0 Å². The first-order chi connectivity index (χ1) is 16.6. The second-order valence-corrected chi connectivity index (χ2v) is 8.10. The predicted octanol–water partition coefficient (Wildman–Crippen LogP) is 8.62. The number of alkyl halides is 3. The van der Waals surface area contributed by atoms with E-state index < -0.39 is 47.4 Å². The maximum Gasteiger partial charge on any atom is 0.422 e. The Hall–Kier alpha value is -3.55. The summed E-state index contributed by atoms with van der Waals surface area (Å²) in [6.45, 7) is 0.301. The normalized spacial score (nSPS) is 11.8. The van der Waals surface area contributed by atoms with Gasteiger partial charge in [0.2, 0.25) is 0 Å². The van der Waals surface area contributed by atoms with Crippen molar-refractivity contribution in [1.29, 1.82) is 0 Å². The molecule has 0 atom stereocenters. The molecule has 0 aromatic heterocycles. The van der Waals surface area contributed by atoms with Crippen LogP contribution in [0.1, 0.15) is 18.9 Å². The first-order valence-electron chi connectivity index (χ1n) is 10.8. The van der Waals surface area contributed by atoms with Crippen LogP contribution in [0.25, 0.3) is 33.0 Å². The fraction of sp³-hybridized carbons (Fsp3) is 0.185. The highest BCUT2D eigenvalue weighted by Gasteiger charge is 2.29. The molecule has 0 amide bonds. The van der Waals surface area contributed by atoms with Crippen molar-refractivity contribution < 1.29 is 35.5 Å². The number of hydrogen-bond donors (Lipinski definition) is 0. The van der Waals surface area contributed by atoms with Crippen molar-refractivity contribution >= 4 is 10.8 Å². The number of hydrogen-bond acceptors (Lipinski definition) is 1. The second-order valence-electron chi connectivity index (χ2n) is 8.10. The molecule has 0 fully saturated rings. The van der Waals surface area contributed by atoms with Crippen molar-refractivity contribution in [2.45, 2.75) is 25.9 Å². The molecule has 8 heteroatoms. The van der Waals surface area contributed by atoms with Crippen LogP contribution < -0.4 is 4.74 Å². The molecule has 0 radical (unpaired) electrons. The summed E-state index contributed by atoms with van der Waals surface area (Å²) in [5.74, 6) is -4.08. The lowest BCUT2D eigenvalue weighted by Gasteiger charge is -2.13. The van der Waals surface area contributed by atoms with E-state index in [1.165, 1.54) is 36.4 Å². The lowest BCUT2D eigenvalue weighted by Crippen LogP contribution is -2.19. The summed E-state index contributed by atoms with van der Waals surface area (Å²) >= 11 is 0. The summed E-state index contributed by atoms with van der Waals surface area (Å²) in [5, 5.41) is 0.139. The van der Waals surface area contributed by atoms with Gasteiger partial charge in [0.1, 0.15) is 17.5 Å². The van der Waals surface area contributed by atoms with E-state index >= 15 is 8.78 Å². The quantitative estimate of drug-likeness (QED) is 0.245. The zero-order valence-electron chi connectivity index (χ0n) is 18.4. The summed E-state index contributed by atoms with van der Waals surface area (Å²) < 4.78 is 101. The minimum absolute atomic E-state index is 0.0302. The summed E-state index contributed by atoms with van der Waals surface area (Å²) in [6, 6.07) is 12.7. The fourth-order valence-corrected chi connectivity index (χ4v) is 3.94. The molecule has 0 aliphatic carbocycles. The molecule has 0 bridgehead atoms. The van der Waals surface area contributed by atoms with E-state index in [1.54, 1.807) is 6.07 Å². The van der Waals surface area contributed by atoms with Gasteiger partial charge in [0.25, 0.3) is 0 Å². The maximum absolute atomic E-state index is 15.0. The van der Waals surface area contributed by atoms with Crippen LogP contribution in [-0.4, -0.2) is 12.8 Å². The Bertz CT molecular complexity index is 1370. The Morgan fingerprint density at radius 2 is 1.46 bits per heavy atom. The Labute approximate surface area is 196 Å². The molecule has 0 aliphatic rings. The van der Waals surface area contributed by atoms with E-state index in [0.29, 0.717) is 6.42 Å². The number of ether oxygens (including phenoxy) is 1. The highest BCUT2D eigenvalue weighted by molar-refractivity contribution is 5.89. The third kappa shape index (κ3) is 5.26. The first kappa shape index (κ1) is 24.6. The van der Waals surface area contributed by atoms with Gasteiger partial charge in [-0.05, 0) is 58.8 Å². The van der Waals surface area contributed by atoms with Crippen LogP contribution in [0.4, 0.5) is 30.7 Å². The van der Waals surface area contributed by atoms with Crippen LogP contribution >= 0.6 is 0 Å². The smallest absolute Gasteiger partial charge is 0.422 e. The van der Waals surface area contributed by atoms with Crippen LogP contribution in [0.5, 0.6) is 5.75 Å². The Morgan fingerprint density at radius 1 is 0.743 bits per heavy atom. The molecule has 4 rings (SSSR count). The predicted molar refractivity (Wildman–Crippen MR) is 120 cm³/mol. The van der Waals surface area contributed by atoms with Crippen LogP contribution in [0.3, 0.4) is 0 Å². The fourth-order valence-electron chi connectivity index (χ4n) is 3.94. The first-order valence-corrected chi connectivity index (χ1v) is 10.8. The third-order valence-corrected chi connectivity index (χ3v) is 5.52. The van der Waals surface area contributed by atoms with Crippen molar-refractivity contribution in [2.75, 3.05) is 6.61 Å². The molecule has 0 heterocycles. The number of halogens is 7. The van der Waals surface area contributed by atoms with E-state index in [0.717, 1.165) is 30.2 Å². The molecular formula is C27H19F7O. The molecule has 4 aromatic rings. The van der Waals surface area contributed by atoms with Gasteiger partial charge in [0.15, 0.2) is 18.2 Å². The molecule has 35 heavy (non-hydrogen) atoms. The zero-order chi connectivity index (χ0) is 25.3. The minimum Gasteiger partial charge on any atom is -0.481 e. The molecular weight excluding hydrogens is 473 g/mol. The van der Waals surface area contributed by atoms with Crippen LogP contribution in [-0.2, 0) is 6.42 Å². The van der Waals surface area contributed by atoms with Crippen LogP contribution in [0.15, 0.2) is 60.7 Å². The number of fused-ring (bicyclic) bond motifs is 1. The van der Waals surface area contributed by atoms with Gasteiger partial charge < -0.3 is 4.74 Å². The van der Waals surface area contributed by atoms with Crippen molar-refractivity contribution in [3.63, 3.8) is 0 Å². The van der Waals surface area contributed by atoms with Gasteiger partial charge in [-0.3, -0.25) is 0 Å². The Kier molecular flexibility index (Phi) is 6.74. The van der Waals surface area contributed by atoms with Gasteiger partial charge in [0.05, 0.1) is 5.56 Å². The third-order valence-electron chi connectivity index (χ3n) is 5.52. The van der Waals surface area contributed by atoms with Gasteiger partial charge in [-0.2, -0.15) is 13.2 Å². The largest absolute Gasteiger partial charge is 0.481 e. The van der Waals surface area contributed by atoms with Gasteiger partial charge in [0, 0.05) is 10.9 Å². The monoisotopic (exact) mass is 492 g/mol. The molecule has 0 spiro atoms. The average Bonchev–Trinajstić information content (AvgIpc) is 2.78. The van der Waals surface area contributed by atoms with Crippen molar-refractivity contribution in [3.8, 4) is 28.0 Å². The maximum atomic E-state index is 15.0. The molecule has 0 N–H and O–H groups in total. The van der Waals surface area contributed by atoms with Gasteiger partial charge >= 0.3 is 6.18 Å². The standard InChI is InChI=1S/C27H19F7O/c1-2-3-15-4-7-19(21(28)10-15)18-12-22(29)25(23(30)13-18)17-5-8-20-16(11-17)6-9-24(26(20)31)35-14-27(32,33)34/h4-13H,2-3,14H2,1H3. The molecule has 0 saturated carbocycles. The van der Waals surface area contributed by atoms with Gasteiger partial charge in [-0.15, -0.1) is 0 Å². The highest BCUT2D eigenvalue weighted by atomic mass is 19.4. The summed E-state index contributed by atoms with van der Waals surface area (Å²) in [6.07, 6.45) is -3.13. The van der Waals surface area contributed by atoms with Gasteiger partial charge in [-0.1, -0.05) is 43.7 Å². The molecule has 4 aromatic carbocycles. The summed E-state index contributed by atoms with van der Waals surface area (Å²) in [5.41, 5.74) is 0.558. The van der Waals surface area contributed by atoms with Crippen LogP contribution in [0, 0.1) is 23.3 Å². The van der Waals surface area contributed by atoms with E-state index in [9.17, 15) is 22.0 Å². The van der Waals surface area contributed by atoms with Gasteiger partial charge in [-0.25, -0.2) is 17.6 Å². The topological polar surface area (TPSA) is 9.23 Å². The molecule has 0 saturated heterocycles. The van der Waals surface area contributed by atoms with E-state index in [1.807, 2.05) is 6.92 Å². The number of rotatable bonds is 6. The lowest BCUT2D eigenvalue weighted by atomic mass is 9.96. The molecule has 182 valence electrons. The van der Waals surface area contributed by atoms with Crippen molar-refractivity contribution in [2.24, 2.45) is 0 Å². The van der Waals surface area contributed by atoms with Crippen molar-refractivity contribution in [1.82, 2.24) is 0 Å². The number of aryl methyl sites for hydroxylation is 1. The molecule has 0 unspecified atom stereocenters. The van der Waals surface area contributed by atoms with Crippen LogP contribution in [0.2, 0.25) is 0 Å². The summed E-state index contributed by atoms with van der Waals surface area (Å²) in [4.78, 5) is 0. The molecule has 0 aliphatic heterocycles. The number of benzene rings is 4. The zero-order valence-corrected chi connectivity index (χ0v) is 18.4. The highest BCUT2D eigenvalue weighted by Crippen LogP contribution is 2.35. The lowest BCUT2D eigenvalue weighted by molar-refractivity contribution is -0.153. The Morgan fingerprint density at radius 3 is 2.09 bits per heavy atom. The second kappa shape index (κ2) is 9.60. The minimum atomic E-state index is -4.63. The molecule has 1 nitrogen and oxygen atoms in total. The average molecular weight is 492 g/mol.